The Morgan fingerprint density at radius 1 is 1.29 bits per heavy atom. The second-order valence-corrected chi connectivity index (χ2v) is 6.45. The monoisotopic (exact) mass is 361 g/mol. The first-order chi connectivity index (χ1) is 11.5. The summed E-state index contributed by atoms with van der Waals surface area (Å²) >= 11 is 6.30. The molecule has 7 nitrogen and oxygen atoms in total. The Morgan fingerprint density at radius 2 is 2.04 bits per heavy atom. The Kier molecular flexibility index (Phi) is 4.74. The van der Waals surface area contributed by atoms with Gasteiger partial charge in [-0.05, 0) is 11.6 Å². The van der Waals surface area contributed by atoms with E-state index in [-0.39, 0.29) is 17.6 Å². The molecule has 0 spiro atoms. The van der Waals surface area contributed by atoms with Crippen LogP contribution in [0.4, 0.5) is 5.88 Å². The van der Waals surface area contributed by atoms with E-state index < -0.39 is 4.92 Å². The molecule has 1 aliphatic heterocycles. The number of nitro groups is 1. The van der Waals surface area contributed by atoms with Crippen molar-refractivity contribution in [3.05, 3.63) is 68.8 Å². The molecule has 0 aliphatic carbocycles. The number of thiocarbonyl (C=S) groups is 1. The maximum Gasteiger partial charge on any atom is 0.433 e. The van der Waals surface area contributed by atoms with Gasteiger partial charge in [-0.15, -0.1) is 0 Å². The van der Waals surface area contributed by atoms with Crippen molar-refractivity contribution in [2.75, 3.05) is 0 Å². The number of thioether (sulfide) groups is 1. The minimum absolute atomic E-state index is 0.227. The number of carbonyl (C=O) groups excluding carboxylic acids is 1. The molecule has 0 unspecified atom stereocenters. The first-order valence-corrected chi connectivity index (χ1v) is 8.06. The average molecular weight is 361 g/mol. The predicted molar refractivity (Wildman–Crippen MR) is 93.7 cm³/mol. The molecular formula is C15H11N3O4S2. The Hall–Kier alpha value is -2.49. The Labute approximate surface area is 146 Å². The Bertz CT molecular complexity index is 832. The van der Waals surface area contributed by atoms with Gasteiger partial charge in [-0.25, -0.2) is 10.4 Å². The summed E-state index contributed by atoms with van der Waals surface area (Å²) in [5.74, 6) is -0.468. The zero-order valence-corrected chi connectivity index (χ0v) is 13.8. The molecule has 1 aliphatic rings. The predicted octanol–water partition coefficient (Wildman–Crippen LogP) is 3.09. The molecule has 2 heterocycles. The van der Waals surface area contributed by atoms with Crippen molar-refractivity contribution in [2.24, 2.45) is 0 Å². The molecule has 1 saturated heterocycles. The summed E-state index contributed by atoms with van der Waals surface area (Å²) in [5, 5.41) is 11.9. The highest BCUT2D eigenvalue weighted by atomic mass is 32.2. The molecule has 2 aromatic rings. The summed E-state index contributed by atoms with van der Waals surface area (Å²) in [6.45, 7) is 0.451. The smallest absolute Gasteiger partial charge is 0.401 e. The zero-order valence-electron chi connectivity index (χ0n) is 12.2. The molecular weight excluding hydrogens is 350 g/mol. The first-order valence-electron chi connectivity index (χ1n) is 6.84. The van der Waals surface area contributed by atoms with Crippen molar-refractivity contribution in [2.45, 2.75) is 6.54 Å². The average Bonchev–Trinajstić information content (AvgIpc) is 3.13. The highest BCUT2D eigenvalue weighted by molar-refractivity contribution is 8.26. The van der Waals surface area contributed by atoms with Crippen molar-refractivity contribution in [1.29, 1.82) is 0 Å². The molecule has 24 heavy (non-hydrogen) atoms. The Morgan fingerprint density at radius 3 is 2.71 bits per heavy atom. The first kappa shape index (κ1) is 16.4. The molecule has 0 bridgehead atoms. The number of rotatable bonds is 5. The number of hydrazine groups is 1. The number of hydrogen-bond donors (Lipinski definition) is 1. The van der Waals surface area contributed by atoms with Gasteiger partial charge in [0.05, 0.1) is 11.0 Å². The van der Waals surface area contributed by atoms with Crippen LogP contribution in [-0.2, 0) is 11.3 Å². The largest absolute Gasteiger partial charge is 0.433 e. The van der Waals surface area contributed by atoms with Crippen LogP contribution in [-0.4, -0.2) is 20.2 Å². The van der Waals surface area contributed by atoms with Gasteiger partial charge < -0.3 is 4.42 Å². The van der Waals surface area contributed by atoms with Crippen LogP contribution in [0, 0.1) is 10.1 Å². The lowest BCUT2D eigenvalue weighted by Gasteiger charge is -2.15. The summed E-state index contributed by atoms with van der Waals surface area (Å²) in [6, 6.07) is 12.3. The van der Waals surface area contributed by atoms with E-state index in [4.69, 9.17) is 16.6 Å². The van der Waals surface area contributed by atoms with Crippen molar-refractivity contribution >= 4 is 46.2 Å². The van der Waals surface area contributed by atoms with Crippen LogP contribution in [0.15, 0.2) is 51.8 Å². The topological polar surface area (TPSA) is 88.6 Å². The van der Waals surface area contributed by atoms with Gasteiger partial charge in [0.25, 0.3) is 5.91 Å². The fourth-order valence-electron chi connectivity index (χ4n) is 2.02. The fraction of sp³-hybridized carbons (Fsp3) is 0.0667. The molecule has 1 amide bonds. The molecule has 3 rings (SSSR count). The molecule has 1 fully saturated rings. The molecule has 0 radical (unpaired) electrons. The van der Waals surface area contributed by atoms with Crippen molar-refractivity contribution in [3.63, 3.8) is 0 Å². The van der Waals surface area contributed by atoms with Crippen LogP contribution in [0.2, 0.25) is 0 Å². The maximum atomic E-state index is 12.4. The van der Waals surface area contributed by atoms with Crippen LogP contribution in [0.1, 0.15) is 11.3 Å². The van der Waals surface area contributed by atoms with E-state index in [2.05, 4.69) is 5.43 Å². The number of carbonyl (C=O) groups is 1. The summed E-state index contributed by atoms with van der Waals surface area (Å²) in [6.07, 6.45) is 1.44. The van der Waals surface area contributed by atoms with Crippen molar-refractivity contribution in [3.8, 4) is 0 Å². The minimum Gasteiger partial charge on any atom is -0.401 e. The third-order valence-corrected chi connectivity index (χ3v) is 4.45. The number of amides is 1. The van der Waals surface area contributed by atoms with E-state index in [1.807, 2.05) is 30.3 Å². The molecule has 0 atom stereocenters. The lowest BCUT2D eigenvalue weighted by atomic mass is 10.2. The minimum atomic E-state index is -0.635. The fourth-order valence-corrected chi connectivity index (χ4v) is 3.21. The van der Waals surface area contributed by atoms with Gasteiger partial charge in [-0.2, -0.15) is 0 Å². The number of furan rings is 1. The van der Waals surface area contributed by atoms with Crippen LogP contribution in [0.25, 0.3) is 6.08 Å². The van der Waals surface area contributed by atoms with E-state index in [0.717, 1.165) is 17.3 Å². The molecule has 1 aromatic carbocycles. The van der Waals surface area contributed by atoms with Crippen molar-refractivity contribution < 1.29 is 14.1 Å². The zero-order chi connectivity index (χ0) is 17.1. The van der Waals surface area contributed by atoms with Gasteiger partial charge in [-0.3, -0.25) is 14.9 Å². The third-order valence-electron chi connectivity index (χ3n) is 3.14. The molecule has 9 heteroatoms. The van der Waals surface area contributed by atoms with E-state index >= 15 is 0 Å². The van der Waals surface area contributed by atoms with Crippen LogP contribution in [0.5, 0.6) is 0 Å². The van der Waals surface area contributed by atoms with Gasteiger partial charge >= 0.3 is 5.88 Å². The molecule has 122 valence electrons. The van der Waals surface area contributed by atoms with Gasteiger partial charge in [0.1, 0.15) is 10.7 Å². The van der Waals surface area contributed by atoms with Crippen LogP contribution in [0.3, 0.4) is 0 Å². The second-order valence-electron chi connectivity index (χ2n) is 4.77. The maximum absolute atomic E-state index is 12.4. The number of benzene rings is 1. The van der Waals surface area contributed by atoms with Gasteiger partial charge in [0.2, 0.25) is 0 Å². The lowest BCUT2D eigenvalue weighted by Crippen LogP contribution is -2.40. The number of nitrogens with one attached hydrogen (secondary N) is 1. The normalized spacial score (nSPS) is 16.2. The van der Waals surface area contributed by atoms with E-state index in [1.54, 1.807) is 0 Å². The Balaban J connectivity index is 1.71. The summed E-state index contributed by atoms with van der Waals surface area (Å²) in [7, 11) is 0. The van der Waals surface area contributed by atoms with Gasteiger partial charge in [0, 0.05) is 12.6 Å². The molecule has 1 N–H and O–H groups in total. The summed E-state index contributed by atoms with van der Waals surface area (Å²) in [5.41, 5.74) is 3.99. The SMILES string of the molecule is O=C1/C(=C\c2ccc([N+](=O)[O-])o2)SC(=S)N1NCc1ccccc1. The van der Waals surface area contributed by atoms with Crippen LogP contribution < -0.4 is 5.43 Å². The van der Waals surface area contributed by atoms with Crippen molar-refractivity contribution in [1.82, 2.24) is 10.4 Å². The number of nitrogens with zero attached hydrogens (tertiary/aromatic N) is 2. The molecule has 1 aromatic heterocycles. The highest BCUT2D eigenvalue weighted by Crippen LogP contribution is 2.32. The highest BCUT2D eigenvalue weighted by Gasteiger charge is 2.32. The molecule has 0 saturated carbocycles. The van der Waals surface area contributed by atoms with Gasteiger partial charge in [0.15, 0.2) is 4.32 Å². The quantitative estimate of drug-likeness (QED) is 0.379. The van der Waals surface area contributed by atoms with E-state index in [0.29, 0.717) is 15.8 Å². The van der Waals surface area contributed by atoms with E-state index in [9.17, 15) is 14.9 Å². The standard InChI is InChI=1S/C15H11N3O4S2/c19-14-12(8-11-6-7-13(22-11)18(20)21)24-15(23)17(14)16-9-10-4-2-1-3-5-10/h1-8,16H,9H2/b12-8+. The van der Waals surface area contributed by atoms with Gasteiger partial charge in [-0.1, -0.05) is 54.3 Å². The van der Waals surface area contributed by atoms with E-state index in [1.165, 1.54) is 23.2 Å². The lowest BCUT2D eigenvalue weighted by molar-refractivity contribution is -0.402. The second kappa shape index (κ2) is 6.95. The summed E-state index contributed by atoms with van der Waals surface area (Å²) < 4.78 is 5.40. The number of hydrogen-bond acceptors (Lipinski definition) is 7. The summed E-state index contributed by atoms with van der Waals surface area (Å²) in [4.78, 5) is 22.7. The third kappa shape index (κ3) is 3.53. The van der Waals surface area contributed by atoms with Crippen LogP contribution >= 0.6 is 24.0 Å².